The quantitative estimate of drug-likeness (QED) is 0.540. The Labute approximate surface area is 192 Å². The van der Waals surface area contributed by atoms with E-state index in [0.717, 1.165) is 29.5 Å². The molecular weight excluding hydrogens is 418 g/mol. The molecule has 1 amide bonds. The summed E-state index contributed by atoms with van der Waals surface area (Å²) < 4.78 is 6.37. The van der Waals surface area contributed by atoms with Crippen molar-refractivity contribution >= 4 is 11.9 Å². The van der Waals surface area contributed by atoms with Gasteiger partial charge < -0.3 is 9.64 Å². The van der Waals surface area contributed by atoms with Crippen molar-refractivity contribution in [1.82, 2.24) is 14.7 Å². The maximum Gasteiger partial charge on any atom is 0.344 e. The topological polar surface area (TPSA) is 81.5 Å². The van der Waals surface area contributed by atoms with Crippen molar-refractivity contribution in [2.75, 3.05) is 19.7 Å². The van der Waals surface area contributed by atoms with Crippen molar-refractivity contribution in [3.8, 4) is 22.4 Å². The normalized spacial score (nSPS) is 13.5. The van der Waals surface area contributed by atoms with E-state index in [1.165, 1.54) is 0 Å². The fourth-order valence-corrected chi connectivity index (χ4v) is 4.13. The van der Waals surface area contributed by atoms with Crippen molar-refractivity contribution in [2.24, 2.45) is 0 Å². The van der Waals surface area contributed by atoms with E-state index in [0.29, 0.717) is 29.9 Å². The SMILES string of the molecule is CCOC(=O)c1c(-c2ccccc2)c(-c2ccccc2)nn(CC(=O)N2CCCCC2)c1=O. The molecule has 0 N–H and O–H groups in total. The van der Waals surface area contributed by atoms with Gasteiger partial charge in [-0.2, -0.15) is 5.10 Å². The van der Waals surface area contributed by atoms with Crippen LogP contribution in [0.25, 0.3) is 22.4 Å². The Bertz CT molecular complexity index is 1180. The summed E-state index contributed by atoms with van der Waals surface area (Å²) in [6.07, 6.45) is 2.99. The standard InChI is InChI=1S/C26H27N3O4/c1-2-33-26(32)23-22(19-12-6-3-7-13-19)24(20-14-8-4-9-15-20)27-29(25(23)31)18-21(30)28-16-10-5-11-17-28/h3-4,6-9,12-15H,2,5,10-11,16-18H2,1H3. The molecule has 1 fully saturated rings. The molecule has 1 aliphatic rings. The molecule has 7 nitrogen and oxygen atoms in total. The van der Waals surface area contributed by atoms with Crippen LogP contribution in [-0.4, -0.2) is 46.3 Å². The van der Waals surface area contributed by atoms with Gasteiger partial charge in [0, 0.05) is 24.2 Å². The number of benzene rings is 2. The Morgan fingerprint density at radius 3 is 2.12 bits per heavy atom. The molecule has 33 heavy (non-hydrogen) atoms. The third-order valence-corrected chi connectivity index (χ3v) is 5.74. The Kier molecular flexibility index (Phi) is 6.98. The lowest BCUT2D eigenvalue weighted by Gasteiger charge is -2.27. The fraction of sp³-hybridized carbons (Fsp3) is 0.308. The Balaban J connectivity index is 1.92. The van der Waals surface area contributed by atoms with Crippen LogP contribution in [0.2, 0.25) is 0 Å². The molecule has 2 heterocycles. The number of esters is 1. The zero-order valence-corrected chi connectivity index (χ0v) is 18.7. The first-order valence-electron chi connectivity index (χ1n) is 11.3. The van der Waals surface area contributed by atoms with Crippen molar-refractivity contribution in [3.63, 3.8) is 0 Å². The van der Waals surface area contributed by atoms with Crippen LogP contribution in [0.1, 0.15) is 36.5 Å². The van der Waals surface area contributed by atoms with E-state index in [1.807, 2.05) is 60.7 Å². The third kappa shape index (κ3) is 4.87. The zero-order valence-electron chi connectivity index (χ0n) is 18.7. The first-order valence-corrected chi connectivity index (χ1v) is 11.3. The van der Waals surface area contributed by atoms with E-state index in [1.54, 1.807) is 11.8 Å². The highest BCUT2D eigenvalue weighted by atomic mass is 16.5. The van der Waals surface area contributed by atoms with Crippen LogP contribution in [0.3, 0.4) is 0 Å². The zero-order chi connectivity index (χ0) is 23.2. The summed E-state index contributed by atoms with van der Waals surface area (Å²) in [5.41, 5.74) is 1.54. The van der Waals surface area contributed by atoms with Gasteiger partial charge in [0.2, 0.25) is 5.91 Å². The largest absolute Gasteiger partial charge is 0.462 e. The van der Waals surface area contributed by atoms with Gasteiger partial charge in [-0.15, -0.1) is 0 Å². The smallest absolute Gasteiger partial charge is 0.344 e. The number of hydrogen-bond acceptors (Lipinski definition) is 5. The summed E-state index contributed by atoms with van der Waals surface area (Å²) in [6.45, 7) is 2.94. The minimum atomic E-state index is -0.722. The first-order chi connectivity index (χ1) is 16.1. The van der Waals surface area contributed by atoms with E-state index in [-0.39, 0.29) is 24.6 Å². The summed E-state index contributed by atoms with van der Waals surface area (Å²) >= 11 is 0. The van der Waals surface area contributed by atoms with Gasteiger partial charge in [0.1, 0.15) is 12.1 Å². The minimum Gasteiger partial charge on any atom is -0.462 e. The van der Waals surface area contributed by atoms with Crippen molar-refractivity contribution < 1.29 is 14.3 Å². The Morgan fingerprint density at radius 2 is 1.52 bits per heavy atom. The summed E-state index contributed by atoms with van der Waals surface area (Å²) in [4.78, 5) is 41.2. The highest BCUT2D eigenvalue weighted by molar-refractivity contribution is 6.01. The monoisotopic (exact) mass is 445 g/mol. The van der Waals surface area contributed by atoms with Crippen LogP contribution < -0.4 is 5.56 Å². The molecule has 0 spiro atoms. The van der Waals surface area contributed by atoms with Crippen LogP contribution in [-0.2, 0) is 16.1 Å². The van der Waals surface area contributed by atoms with E-state index >= 15 is 0 Å². The van der Waals surface area contributed by atoms with Crippen molar-refractivity contribution in [3.05, 3.63) is 76.6 Å². The van der Waals surface area contributed by atoms with Gasteiger partial charge >= 0.3 is 5.97 Å². The summed E-state index contributed by atoms with van der Waals surface area (Å²) in [6, 6.07) is 18.5. The van der Waals surface area contributed by atoms with Crippen LogP contribution in [0.15, 0.2) is 65.5 Å². The molecule has 170 valence electrons. The molecule has 1 aliphatic heterocycles. The molecule has 2 aromatic carbocycles. The average molecular weight is 446 g/mol. The number of amides is 1. The lowest BCUT2D eigenvalue weighted by atomic mass is 9.95. The molecule has 7 heteroatoms. The van der Waals surface area contributed by atoms with Gasteiger partial charge in [0.05, 0.1) is 12.3 Å². The molecule has 1 aromatic heterocycles. The predicted octanol–water partition coefficient (Wildman–Crippen LogP) is 3.77. The van der Waals surface area contributed by atoms with Gasteiger partial charge in [-0.3, -0.25) is 9.59 Å². The fourth-order valence-electron chi connectivity index (χ4n) is 4.13. The Hall–Kier alpha value is -3.74. The second kappa shape index (κ2) is 10.3. The molecule has 0 unspecified atom stereocenters. The van der Waals surface area contributed by atoms with Gasteiger partial charge in [0.25, 0.3) is 5.56 Å². The number of likely N-dealkylation sites (tertiary alicyclic amines) is 1. The number of carbonyl (C=O) groups excluding carboxylic acids is 2. The van der Waals surface area contributed by atoms with Gasteiger partial charge in [-0.1, -0.05) is 60.7 Å². The van der Waals surface area contributed by atoms with Crippen LogP contribution in [0.5, 0.6) is 0 Å². The number of hydrogen-bond donors (Lipinski definition) is 0. The summed E-state index contributed by atoms with van der Waals surface area (Å²) in [5.74, 6) is -0.898. The molecule has 0 saturated carbocycles. The van der Waals surface area contributed by atoms with Gasteiger partial charge in [-0.25, -0.2) is 9.48 Å². The predicted molar refractivity (Wildman–Crippen MR) is 126 cm³/mol. The molecule has 0 atom stereocenters. The van der Waals surface area contributed by atoms with Crippen LogP contribution >= 0.6 is 0 Å². The number of aromatic nitrogens is 2. The Morgan fingerprint density at radius 1 is 0.909 bits per heavy atom. The first kappa shape index (κ1) is 22.5. The number of rotatable bonds is 6. The van der Waals surface area contributed by atoms with E-state index in [9.17, 15) is 14.4 Å². The number of nitrogens with zero attached hydrogens (tertiary/aromatic N) is 3. The summed E-state index contributed by atoms with van der Waals surface area (Å²) in [7, 11) is 0. The van der Waals surface area contributed by atoms with E-state index in [2.05, 4.69) is 5.10 Å². The molecule has 3 aromatic rings. The average Bonchev–Trinajstić information content (AvgIpc) is 2.86. The second-order valence-corrected chi connectivity index (χ2v) is 7.96. The lowest BCUT2D eigenvalue weighted by Crippen LogP contribution is -2.41. The van der Waals surface area contributed by atoms with Gasteiger partial charge in [0.15, 0.2) is 0 Å². The maximum atomic E-state index is 13.5. The number of piperidine rings is 1. The molecular formula is C26H27N3O4. The van der Waals surface area contributed by atoms with E-state index < -0.39 is 11.5 Å². The second-order valence-electron chi connectivity index (χ2n) is 7.96. The maximum absolute atomic E-state index is 13.5. The van der Waals surface area contributed by atoms with Gasteiger partial charge in [-0.05, 0) is 31.7 Å². The minimum absolute atomic E-state index is 0.108. The lowest BCUT2D eigenvalue weighted by molar-refractivity contribution is -0.133. The molecule has 1 saturated heterocycles. The highest BCUT2D eigenvalue weighted by Gasteiger charge is 2.27. The van der Waals surface area contributed by atoms with Crippen molar-refractivity contribution in [2.45, 2.75) is 32.7 Å². The van der Waals surface area contributed by atoms with Crippen molar-refractivity contribution in [1.29, 1.82) is 0 Å². The summed E-state index contributed by atoms with van der Waals surface area (Å²) in [5, 5.41) is 4.61. The molecule has 0 bridgehead atoms. The van der Waals surface area contributed by atoms with Crippen LogP contribution in [0, 0.1) is 0 Å². The third-order valence-electron chi connectivity index (χ3n) is 5.74. The molecule has 0 radical (unpaired) electrons. The number of ether oxygens (including phenoxy) is 1. The molecule has 0 aliphatic carbocycles. The van der Waals surface area contributed by atoms with E-state index in [4.69, 9.17) is 4.74 Å². The highest BCUT2D eigenvalue weighted by Crippen LogP contribution is 2.32. The van der Waals surface area contributed by atoms with Crippen LogP contribution in [0.4, 0.5) is 0 Å². The number of carbonyl (C=O) groups is 2. The molecule has 4 rings (SSSR count).